The van der Waals surface area contributed by atoms with Gasteiger partial charge < -0.3 is 14.8 Å². The maximum atomic E-state index is 8.94. The van der Waals surface area contributed by atoms with Gasteiger partial charge >= 0.3 is 0 Å². The predicted molar refractivity (Wildman–Crippen MR) is 88.1 cm³/mol. The first-order chi connectivity index (χ1) is 11.3. The Hall–Kier alpha value is -3.04. The summed E-state index contributed by atoms with van der Waals surface area (Å²) in [4.78, 5) is 4.58. The molecule has 3 aromatic rings. The summed E-state index contributed by atoms with van der Waals surface area (Å²) in [5, 5.41) is 14.9. The van der Waals surface area contributed by atoms with Gasteiger partial charge in [0, 0.05) is 16.6 Å². The summed E-state index contributed by atoms with van der Waals surface area (Å²) < 4.78 is 10.7. The summed E-state index contributed by atoms with van der Waals surface area (Å²) in [7, 11) is 0. The number of ether oxygens (including phenoxy) is 2. The minimum Gasteiger partial charge on any atom is -0.454 e. The van der Waals surface area contributed by atoms with E-state index in [1.54, 1.807) is 12.1 Å². The van der Waals surface area contributed by atoms with Gasteiger partial charge in [-0.05, 0) is 36.4 Å². The number of thiazole rings is 1. The largest absolute Gasteiger partial charge is 0.454 e. The second-order valence-electron chi connectivity index (χ2n) is 4.92. The van der Waals surface area contributed by atoms with Crippen molar-refractivity contribution >= 4 is 22.2 Å². The molecule has 23 heavy (non-hydrogen) atoms. The van der Waals surface area contributed by atoms with Gasteiger partial charge in [0.2, 0.25) is 6.79 Å². The molecule has 1 aliphatic heterocycles. The Bertz CT molecular complexity index is 914. The maximum absolute atomic E-state index is 8.94. The van der Waals surface area contributed by atoms with Crippen molar-refractivity contribution in [2.45, 2.75) is 0 Å². The molecule has 0 unspecified atom stereocenters. The normalized spacial score (nSPS) is 12.0. The molecule has 1 aromatic heterocycles. The number of anilines is 2. The van der Waals surface area contributed by atoms with Crippen molar-refractivity contribution < 1.29 is 9.47 Å². The Morgan fingerprint density at radius 3 is 2.96 bits per heavy atom. The zero-order valence-corrected chi connectivity index (χ0v) is 12.8. The van der Waals surface area contributed by atoms with E-state index >= 15 is 0 Å². The van der Waals surface area contributed by atoms with E-state index in [4.69, 9.17) is 14.7 Å². The van der Waals surface area contributed by atoms with Crippen molar-refractivity contribution in [2.24, 2.45) is 0 Å². The lowest BCUT2D eigenvalue weighted by Crippen LogP contribution is -1.92. The number of nitriles is 1. The Kier molecular flexibility index (Phi) is 3.33. The van der Waals surface area contributed by atoms with Crippen LogP contribution in [0.3, 0.4) is 0 Å². The first-order valence-corrected chi connectivity index (χ1v) is 7.82. The number of benzene rings is 2. The molecule has 0 saturated carbocycles. The second kappa shape index (κ2) is 5.63. The van der Waals surface area contributed by atoms with Gasteiger partial charge in [-0.25, -0.2) is 4.98 Å². The topological polar surface area (TPSA) is 67.2 Å². The molecule has 5 nitrogen and oxygen atoms in total. The van der Waals surface area contributed by atoms with E-state index in [1.165, 1.54) is 11.3 Å². The lowest BCUT2D eigenvalue weighted by atomic mass is 10.1. The number of nitrogens with one attached hydrogen (secondary N) is 1. The second-order valence-corrected chi connectivity index (χ2v) is 5.78. The molecule has 2 heterocycles. The highest BCUT2D eigenvalue weighted by Crippen LogP contribution is 2.36. The number of rotatable bonds is 3. The quantitative estimate of drug-likeness (QED) is 0.785. The number of hydrogen-bond donors (Lipinski definition) is 1. The molecule has 1 N–H and O–H groups in total. The van der Waals surface area contributed by atoms with E-state index in [9.17, 15) is 0 Å². The van der Waals surface area contributed by atoms with Gasteiger partial charge in [-0.2, -0.15) is 5.26 Å². The van der Waals surface area contributed by atoms with Crippen LogP contribution in [0, 0.1) is 11.3 Å². The Morgan fingerprint density at radius 1 is 1.13 bits per heavy atom. The van der Waals surface area contributed by atoms with E-state index in [0.717, 1.165) is 33.6 Å². The molecule has 0 spiro atoms. The van der Waals surface area contributed by atoms with Crippen LogP contribution in [0.1, 0.15) is 5.56 Å². The summed E-state index contributed by atoms with van der Waals surface area (Å²) in [6.45, 7) is 0.262. The van der Waals surface area contributed by atoms with E-state index in [2.05, 4.69) is 16.4 Å². The molecule has 112 valence electrons. The molecule has 0 amide bonds. The van der Waals surface area contributed by atoms with Crippen LogP contribution < -0.4 is 14.8 Å². The molecule has 1 aliphatic rings. The summed E-state index contributed by atoms with van der Waals surface area (Å²) in [5.41, 5.74) is 3.30. The fourth-order valence-corrected chi connectivity index (χ4v) is 3.05. The molecule has 0 bridgehead atoms. The highest BCUT2D eigenvalue weighted by Gasteiger charge is 2.15. The summed E-state index contributed by atoms with van der Waals surface area (Å²) in [5.74, 6) is 1.50. The Labute approximate surface area is 136 Å². The molecular weight excluding hydrogens is 310 g/mol. The van der Waals surface area contributed by atoms with Gasteiger partial charge in [-0.15, -0.1) is 11.3 Å². The minimum atomic E-state index is 0.262. The lowest BCUT2D eigenvalue weighted by Gasteiger charge is -2.02. The molecule has 0 radical (unpaired) electrons. The van der Waals surface area contributed by atoms with Crippen LogP contribution in [0.5, 0.6) is 11.5 Å². The third-order valence-corrected chi connectivity index (χ3v) is 4.17. The molecule has 4 rings (SSSR count). The molecular formula is C17H11N3O2S. The zero-order valence-electron chi connectivity index (χ0n) is 11.9. The van der Waals surface area contributed by atoms with Crippen molar-refractivity contribution in [3.05, 3.63) is 53.4 Å². The van der Waals surface area contributed by atoms with Crippen LogP contribution in [0.4, 0.5) is 10.8 Å². The number of fused-ring (bicyclic) bond motifs is 1. The van der Waals surface area contributed by atoms with Crippen molar-refractivity contribution in [2.75, 3.05) is 12.1 Å². The third kappa shape index (κ3) is 2.70. The standard InChI is InChI=1S/C17H11N3O2S/c18-8-11-2-1-3-13(6-11)19-17-20-14(9-23-17)12-4-5-15-16(7-12)22-10-21-15/h1-7,9H,10H2,(H,19,20). The van der Waals surface area contributed by atoms with Gasteiger partial charge in [0.15, 0.2) is 16.6 Å². The van der Waals surface area contributed by atoms with E-state index < -0.39 is 0 Å². The number of hydrogen-bond acceptors (Lipinski definition) is 6. The summed E-state index contributed by atoms with van der Waals surface area (Å²) >= 11 is 1.51. The molecule has 0 fully saturated rings. The first-order valence-electron chi connectivity index (χ1n) is 6.94. The van der Waals surface area contributed by atoms with E-state index in [-0.39, 0.29) is 6.79 Å². The average molecular weight is 321 g/mol. The third-order valence-electron chi connectivity index (χ3n) is 3.42. The summed E-state index contributed by atoms with van der Waals surface area (Å²) in [6, 6.07) is 15.2. The minimum absolute atomic E-state index is 0.262. The van der Waals surface area contributed by atoms with Crippen molar-refractivity contribution in [3.63, 3.8) is 0 Å². The zero-order chi connectivity index (χ0) is 15.6. The van der Waals surface area contributed by atoms with Crippen LogP contribution >= 0.6 is 11.3 Å². The van der Waals surface area contributed by atoms with Crippen molar-refractivity contribution in [1.29, 1.82) is 5.26 Å². The highest BCUT2D eigenvalue weighted by atomic mass is 32.1. The monoisotopic (exact) mass is 321 g/mol. The van der Waals surface area contributed by atoms with Crippen LogP contribution in [-0.4, -0.2) is 11.8 Å². The maximum Gasteiger partial charge on any atom is 0.231 e. The Balaban J connectivity index is 1.58. The molecule has 0 atom stereocenters. The first kappa shape index (κ1) is 13.6. The average Bonchev–Trinajstić information content (AvgIpc) is 3.23. The van der Waals surface area contributed by atoms with Crippen molar-refractivity contribution in [3.8, 4) is 28.8 Å². The van der Waals surface area contributed by atoms with Gasteiger partial charge in [0.1, 0.15) is 0 Å². The van der Waals surface area contributed by atoms with E-state index in [1.807, 2.05) is 35.7 Å². The highest BCUT2D eigenvalue weighted by molar-refractivity contribution is 7.14. The van der Waals surface area contributed by atoms with Crippen LogP contribution in [0.15, 0.2) is 47.8 Å². The fraction of sp³-hybridized carbons (Fsp3) is 0.0588. The van der Waals surface area contributed by atoms with Gasteiger partial charge in [-0.3, -0.25) is 0 Å². The Morgan fingerprint density at radius 2 is 2.04 bits per heavy atom. The van der Waals surface area contributed by atoms with Crippen molar-refractivity contribution in [1.82, 2.24) is 4.98 Å². The molecule has 0 saturated heterocycles. The number of aromatic nitrogens is 1. The fourth-order valence-electron chi connectivity index (χ4n) is 2.31. The summed E-state index contributed by atoms with van der Waals surface area (Å²) in [6.07, 6.45) is 0. The molecule has 2 aromatic carbocycles. The van der Waals surface area contributed by atoms with Crippen LogP contribution in [-0.2, 0) is 0 Å². The van der Waals surface area contributed by atoms with Crippen LogP contribution in [0.25, 0.3) is 11.3 Å². The molecule has 6 heteroatoms. The van der Waals surface area contributed by atoms with Gasteiger partial charge in [0.25, 0.3) is 0 Å². The number of nitrogens with zero attached hydrogens (tertiary/aromatic N) is 2. The van der Waals surface area contributed by atoms with Gasteiger partial charge in [0.05, 0.1) is 17.3 Å². The van der Waals surface area contributed by atoms with Crippen LogP contribution in [0.2, 0.25) is 0 Å². The molecule has 0 aliphatic carbocycles. The lowest BCUT2D eigenvalue weighted by molar-refractivity contribution is 0.174. The van der Waals surface area contributed by atoms with E-state index in [0.29, 0.717) is 5.56 Å². The smallest absolute Gasteiger partial charge is 0.231 e. The predicted octanol–water partition coefficient (Wildman–Crippen LogP) is 4.15. The SMILES string of the molecule is N#Cc1cccc(Nc2nc(-c3ccc4c(c3)OCO4)cs2)c1. The van der Waals surface area contributed by atoms with Gasteiger partial charge in [-0.1, -0.05) is 6.07 Å².